The van der Waals surface area contributed by atoms with Crippen LogP contribution < -0.4 is 9.64 Å². The second kappa shape index (κ2) is 10.3. The highest BCUT2D eigenvalue weighted by Crippen LogP contribution is 2.22. The number of carbonyl (C=O) groups is 1. The summed E-state index contributed by atoms with van der Waals surface area (Å²) < 4.78 is 10.7. The Kier molecular flexibility index (Phi) is 8.06. The van der Waals surface area contributed by atoms with Gasteiger partial charge in [0.05, 0.1) is 20.4 Å². The van der Waals surface area contributed by atoms with E-state index in [4.69, 9.17) is 9.47 Å². The highest BCUT2D eigenvalue weighted by atomic mass is 16.5. The fraction of sp³-hybridized carbons (Fsp3) is 0.650. The number of unbranched alkanes of at least 4 members (excludes halogenated alkanes) is 2. The third-order valence-corrected chi connectivity index (χ3v) is 4.78. The van der Waals surface area contributed by atoms with E-state index in [2.05, 4.69) is 23.8 Å². The maximum Gasteiger partial charge on any atom is 0.323 e. The van der Waals surface area contributed by atoms with Crippen molar-refractivity contribution in [2.45, 2.75) is 51.5 Å². The van der Waals surface area contributed by atoms with Gasteiger partial charge in [0.1, 0.15) is 11.8 Å². The Morgan fingerprint density at radius 2 is 2.00 bits per heavy atom. The van der Waals surface area contributed by atoms with Crippen molar-refractivity contribution in [3.8, 4) is 5.75 Å². The van der Waals surface area contributed by atoms with Crippen molar-refractivity contribution in [3.63, 3.8) is 0 Å². The van der Waals surface area contributed by atoms with E-state index in [1.54, 1.807) is 7.11 Å². The van der Waals surface area contributed by atoms with Crippen LogP contribution in [0.4, 0.5) is 5.69 Å². The molecule has 0 saturated carbocycles. The first-order chi connectivity index (χ1) is 12.2. The van der Waals surface area contributed by atoms with Crippen LogP contribution in [0.2, 0.25) is 0 Å². The zero-order valence-electron chi connectivity index (χ0n) is 15.9. The minimum absolute atomic E-state index is 0.0565. The number of nitrogens with zero attached hydrogens (tertiary/aromatic N) is 2. The summed E-state index contributed by atoms with van der Waals surface area (Å²) in [6.45, 7) is 4.36. The summed E-state index contributed by atoms with van der Waals surface area (Å²) in [6, 6.07) is 7.89. The van der Waals surface area contributed by atoms with Crippen LogP contribution >= 0.6 is 0 Å². The lowest BCUT2D eigenvalue weighted by molar-refractivity contribution is -0.151. The first-order valence-electron chi connectivity index (χ1n) is 9.41. The van der Waals surface area contributed by atoms with Crippen molar-refractivity contribution in [1.29, 1.82) is 0 Å². The second-order valence-electron chi connectivity index (χ2n) is 6.74. The van der Waals surface area contributed by atoms with E-state index in [1.807, 2.05) is 24.3 Å². The van der Waals surface area contributed by atoms with Crippen LogP contribution in [0.3, 0.4) is 0 Å². The summed E-state index contributed by atoms with van der Waals surface area (Å²) in [4.78, 5) is 16.9. The number of rotatable bonds is 9. The average Bonchev–Trinajstić information content (AvgIpc) is 2.65. The Labute approximate surface area is 151 Å². The van der Waals surface area contributed by atoms with Crippen molar-refractivity contribution >= 4 is 11.7 Å². The summed E-state index contributed by atoms with van der Waals surface area (Å²) in [5, 5.41) is 0. The van der Waals surface area contributed by atoms with Gasteiger partial charge >= 0.3 is 5.97 Å². The molecule has 1 fully saturated rings. The first-order valence-corrected chi connectivity index (χ1v) is 9.41. The molecule has 1 aliphatic rings. The molecule has 0 unspecified atom stereocenters. The molecule has 1 aliphatic heterocycles. The molecule has 25 heavy (non-hydrogen) atoms. The van der Waals surface area contributed by atoms with Gasteiger partial charge in [-0.15, -0.1) is 0 Å². The van der Waals surface area contributed by atoms with Crippen molar-refractivity contribution in [1.82, 2.24) is 4.90 Å². The molecule has 0 N–H and O–H groups in total. The van der Waals surface area contributed by atoms with E-state index in [0.717, 1.165) is 63.2 Å². The molecule has 0 radical (unpaired) electrons. The van der Waals surface area contributed by atoms with Gasteiger partial charge in [-0.1, -0.05) is 26.2 Å². The molecular weight excluding hydrogens is 316 g/mol. The minimum atomic E-state index is -0.115. The Hall–Kier alpha value is -1.75. The molecule has 0 aliphatic carbocycles. The number of likely N-dealkylation sites (tertiary alicyclic amines) is 1. The van der Waals surface area contributed by atoms with Crippen molar-refractivity contribution in [2.24, 2.45) is 0 Å². The number of benzene rings is 1. The fourth-order valence-electron chi connectivity index (χ4n) is 3.24. The molecule has 5 nitrogen and oxygen atoms in total. The van der Waals surface area contributed by atoms with Gasteiger partial charge in [0, 0.05) is 19.3 Å². The third kappa shape index (κ3) is 5.92. The Balaban J connectivity index is 1.91. The van der Waals surface area contributed by atoms with Gasteiger partial charge in [-0.3, -0.25) is 9.69 Å². The molecule has 1 aromatic rings. The third-order valence-electron chi connectivity index (χ3n) is 4.78. The molecule has 2 rings (SSSR count). The lowest BCUT2D eigenvalue weighted by atomic mass is 10.0. The molecule has 140 valence electrons. The van der Waals surface area contributed by atoms with Gasteiger partial charge < -0.3 is 14.4 Å². The number of esters is 1. The van der Waals surface area contributed by atoms with Crippen LogP contribution in [0.25, 0.3) is 0 Å². The normalized spacial score (nSPS) is 18.0. The van der Waals surface area contributed by atoms with Crippen LogP contribution in [0.1, 0.15) is 45.4 Å². The molecular formula is C20H32N2O3. The number of carbonyl (C=O) groups excluding carboxylic acids is 1. The number of piperidine rings is 1. The standard InChI is InChI=1S/C20H32N2O3/c1-4-5-8-15-25-20(23)19-9-6-7-14-22(19)16-21(2)17-10-12-18(24-3)13-11-17/h10-13,19H,4-9,14-16H2,1-3H3/t19-/m0/s1. The molecule has 0 spiro atoms. The molecule has 1 heterocycles. The number of ether oxygens (including phenoxy) is 2. The van der Waals surface area contributed by atoms with Gasteiger partial charge in [-0.2, -0.15) is 0 Å². The van der Waals surface area contributed by atoms with Gasteiger partial charge in [-0.05, 0) is 43.5 Å². The largest absolute Gasteiger partial charge is 0.497 e. The predicted molar refractivity (Wildman–Crippen MR) is 101 cm³/mol. The summed E-state index contributed by atoms with van der Waals surface area (Å²) in [5.74, 6) is 0.794. The lowest BCUT2D eigenvalue weighted by Gasteiger charge is -2.37. The maximum atomic E-state index is 12.5. The van der Waals surface area contributed by atoms with E-state index >= 15 is 0 Å². The van der Waals surface area contributed by atoms with Crippen LogP contribution in [-0.4, -0.2) is 50.9 Å². The van der Waals surface area contributed by atoms with Crippen LogP contribution in [-0.2, 0) is 9.53 Å². The highest BCUT2D eigenvalue weighted by Gasteiger charge is 2.30. The van der Waals surface area contributed by atoms with E-state index in [1.165, 1.54) is 0 Å². The summed E-state index contributed by atoms with van der Waals surface area (Å²) in [6.07, 6.45) is 6.33. The Bertz CT molecular complexity index is 518. The summed E-state index contributed by atoms with van der Waals surface area (Å²) >= 11 is 0. The summed E-state index contributed by atoms with van der Waals surface area (Å²) in [5.41, 5.74) is 1.11. The SMILES string of the molecule is CCCCCOC(=O)[C@@H]1CCCCN1CN(C)c1ccc(OC)cc1. The monoisotopic (exact) mass is 348 g/mol. The number of hydrogen-bond acceptors (Lipinski definition) is 5. The van der Waals surface area contributed by atoms with Crippen LogP contribution in [0.15, 0.2) is 24.3 Å². The van der Waals surface area contributed by atoms with E-state index in [9.17, 15) is 4.79 Å². The molecule has 0 amide bonds. The molecule has 5 heteroatoms. The quantitative estimate of drug-likeness (QED) is 0.503. The van der Waals surface area contributed by atoms with E-state index in [-0.39, 0.29) is 12.0 Å². The lowest BCUT2D eigenvalue weighted by Crippen LogP contribution is -2.49. The van der Waals surface area contributed by atoms with Crippen molar-refractivity contribution in [3.05, 3.63) is 24.3 Å². The molecule has 0 aromatic heterocycles. The van der Waals surface area contributed by atoms with E-state index in [0.29, 0.717) is 6.61 Å². The van der Waals surface area contributed by atoms with Gasteiger partial charge in [0.15, 0.2) is 0 Å². The number of methoxy groups -OCH3 is 1. The Morgan fingerprint density at radius 1 is 1.24 bits per heavy atom. The smallest absolute Gasteiger partial charge is 0.323 e. The minimum Gasteiger partial charge on any atom is -0.497 e. The zero-order valence-corrected chi connectivity index (χ0v) is 15.9. The van der Waals surface area contributed by atoms with Gasteiger partial charge in [0.2, 0.25) is 0 Å². The molecule has 1 saturated heterocycles. The predicted octanol–water partition coefficient (Wildman–Crippen LogP) is 3.68. The van der Waals surface area contributed by atoms with Crippen LogP contribution in [0.5, 0.6) is 5.75 Å². The van der Waals surface area contributed by atoms with Crippen molar-refractivity contribution in [2.75, 3.05) is 38.9 Å². The second-order valence-corrected chi connectivity index (χ2v) is 6.74. The van der Waals surface area contributed by atoms with Gasteiger partial charge in [0.25, 0.3) is 0 Å². The Morgan fingerprint density at radius 3 is 2.68 bits per heavy atom. The average molecular weight is 348 g/mol. The fourth-order valence-corrected chi connectivity index (χ4v) is 3.24. The molecule has 0 bridgehead atoms. The highest BCUT2D eigenvalue weighted by molar-refractivity contribution is 5.76. The van der Waals surface area contributed by atoms with Crippen LogP contribution in [0, 0.1) is 0 Å². The van der Waals surface area contributed by atoms with Gasteiger partial charge in [-0.25, -0.2) is 0 Å². The zero-order chi connectivity index (χ0) is 18.1. The maximum absolute atomic E-state index is 12.5. The van der Waals surface area contributed by atoms with E-state index < -0.39 is 0 Å². The topological polar surface area (TPSA) is 42.0 Å². The number of hydrogen-bond donors (Lipinski definition) is 0. The molecule has 1 atom stereocenters. The van der Waals surface area contributed by atoms with Crippen molar-refractivity contribution < 1.29 is 14.3 Å². The number of anilines is 1. The molecule has 1 aromatic carbocycles. The first kappa shape index (κ1) is 19.6. The summed E-state index contributed by atoms with van der Waals surface area (Å²) in [7, 11) is 3.73.